The molecule has 0 spiro atoms. The van der Waals surface area contributed by atoms with E-state index in [-0.39, 0.29) is 0 Å². The first-order valence-electron chi connectivity index (χ1n) is 6.45. The van der Waals surface area contributed by atoms with E-state index >= 15 is 0 Å². The van der Waals surface area contributed by atoms with Crippen molar-refractivity contribution < 1.29 is 0 Å². The molecule has 2 rings (SSSR count). The predicted octanol–water partition coefficient (Wildman–Crippen LogP) is 2.78. The quantitative estimate of drug-likeness (QED) is 0.802. The van der Waals surface area contributed by atoms with Crippen LogP contribution in [0, 0.1) is 12.3 Å². The van der Waals surface area contributed by atoms with Crippen LogP contribution in [0.25, 0.3) is 0 Å². The maximum absolute atomic E-state index is 4.31. The smallest absolute Gasteiger partial charge is 0.0925 e. The van der Waals surface area contributed by atoms with E-state index < -0.39 is 0 Å². The summed E-state index contributed by atoms with van der Waals surface area (Å²) in [5, 5.41) is 3.58. The summed E-state index contributed by atoms with van der Waals surface area (Å²) in [5.41, 5.74) is 2.92. The number of H-pyrrole nitrogens is 1. The van der Waals surface area contributed by atoms with Crippen molar-refractivity contribution in [3.8, 4) is 0 Å². The second-order valence-electron chi connectivity index (χ2n) is 5.14. The van der Waals surface area contributed by atoms with Gasteiger partial charge in [0.25, 0.3) is 0 Å². The van der Waals surface area contributed by atoms with Crippen LogP contribution in [0.15, 0.2) is 6.33 Å². The first-order chi connectivity index (χ1) is 7.76. The topological polar surface area (TPSA) is 40.7 Å². The summed E-state index contributed by atoms with van der Waals surface area (Å²) in [6.45, 7) is 6.45. The monoisotopic (exact) mass is 221 g/mol. The first-order valence-corrected chi connectivity index (χ1v) is 6.45. The normalized spacial score (nSPS) is 19.1. The maximum atomic E-state index is 4.31. The van der Waals surface area contributed by atoms with Crippen LogP contribution in [-0.4, -0.2) is 16.5 Å². The summed E-state index contributed by atoms with van der Waals surface area (Å²) < 4.78 is 0. The summed E-state index contributed by atoms with van der Waals surface area (Å²) in [5.74, 6) is 0. The predicted molar refractivity (Wildman–Crippen MR) is 66.2 cm³/mol. The minimum absolute atomic E-state index is 0.574. The molecule has 0 aromatic carbocycles. The van der Waals surface area contributed by atoms with Gasteiger partial charge >= 0.3 is 0 Å². The molecule has 1 aromatic heterocycles. The largest absolute Gasteiger partial charge is 0.348 e. The Labute approximate surface area is 98.1 Å². The number of nitrogens with zero attached hydrogens (tertiary/aromatic N) is 1. The Morgan fingerprint density at radius 3 is 2.75 bits per heavy atom. The number of hydrogen-bond acceptors (Lipinski definition) is 2. The number of hydrogen-bond donors (Lipinski definition) is 2. The molecule has 2 N–H and O–H groups in total. The van der Waals surface area contributed by atoms with Gasteiger partial charge in [-0.15, -0.1) is 0 Å². The fraction of sp³-hybridized carbons (Fsp3) is 0.769. The van der Waals surface area contributed by atoms with Crippen LogP contribution in [0.1, 0.15) is 50.4 Å². The van der Waals surface area contributed by atoms with Crippen molar-refractivity contribution in [1.82, 2.24) is 15.3 Å². The van der Waals surface area contributed by atoms with Crippen LogP contribution in [-0.2, 0) is 6.54 Å². The van der Waals surface area contributed by atoms with Crippen LogP contribution in [0.3, 0.4) is 0 Å². The van der Waals surface area contributed by atoms with Crippen LogP contribution in [0.4, 0.5) is 0 Å². The third-order valence-electron chi connectivity index (χ3n) is 4.14. The summed E-state index contributed by atoms with van der Waals surface area (Å²) in [6, 6.07) is 0. The SMILES string of the molecule is CCC1(CNCc2nc[nH]c2C)CCCC1. The molecule has 1 heterocycles. The first kappa shape index (κ1) is 11.6. The molecule has 1 saturated carbocycles. The molecule has 16 heavy (non-hydrogen) atoms. The molecule has 1 fully saturated rings. The van der Waals surface area contributed by atoms with Crippen LogP contribution in [0.5, 0.6) is 0 Å². The van der Waals surface area contributed by atoms with E-state index in [1.165, 1.54) is 37.8 Å². The molecule has 0 radical (unpaired) electrons. The van der Waals surface area contributed by atoms with E-state index in [0.717, 1.165) is 18.8 Å². The van der Waals surface area contributed by atoms with Gasteiger partial charge in [-0.2, -0.15) is 0 Å². The van der Waals surface area contributed by atoms with E-state index in [0.29, 0.717) is 5.41 Å². The molecule has 90 valence electrons. The van der Waals surface area contributed by atoms with Gasteiger partial charge in [0, 0.05) is 18.8 Å². The zero-order valence-electron chi connectivity index (χ0n) is 10.5. The van der Waals surface area contributed by atoms with E-state index in [1.807, 2.05) is 0 Å². The zero-order valence-corrected chi connectivity index (χ0v) is 10.5. The van der Waals surface area contributed by atoms with Gasteiger partial charge < -0.3 is 10.3 Å². The molecule has 0 bridgehead atoms. The lowest BCUT2D eigenvalue weighted by Crippen LogP contribution is -2.31. The van der Waals surface area contributed by atoms with Gasteiger partial charge in [0.1, 0.15) is 0 Å². The molecule has 0 saturated heterocycles. The van der Waals surface area contributed by atoms with Gasteiger partial charge in [-0.05, 0) is 31.6 Å². The summed E-state index contributed by atoms with van der Waals surface area (Å²) in [4.78, 5) is 7.43. The molecule has 0 amide bonds. The highest BCUT2D eigenvalue weighted by Crippen LogP contribution is 2.40. The highest BCUT2D eigenvalue weighted by molar-refractivity contribution is 5.08. The minimum atomic E-state index is 0.574. The molecule has 1 aliphatic rings. The number of nitrogens with one attached hydrogen (secondary N) is 2. The van der Waals surface area contributed by atoms with Gasteiger partial charge in [0.15, 0.2) is 0 Å². The Morgan fingerprint density at radius 1 is 1.44 bits per heavy atom. The van der Waals surface area contributed by atoms with Gasteiger partial charge in [-0.1, -0.05) is 19.8 Å². The van der Waals surface area contributed by atoms with Gasteiger partial charge in [-0.3, -0.25) is 0 Å². The average Bonchev–Trinajstić information content (AvgIpc) is 2.90. The molecule has 0 unspecified atom stereocenters. The Kier molecular flexibility index (Phi) is 3.64. The van der Waals surface area contributed by atoms with Crippen molar-refractivity contribution in [2.24, 2.45) is 5.41 Å². The molecular formula is C13H23N3. The number of imidazole rings is 1. The van der Waals surface area contributed by atoms with E-state index in [1.54, 1.807) is 6.33 Å². The average molecular weight is 221 g/mol. The minimum Gasteiger partial charge on any atom is -0.348 e. The van der Waals surface area contributed by atoms with E-state index in [2.05, 4.69) is 29.1 Å². The lowest BCUT2D eigenvalue weighted by molar-refractivity contribution is 0.268. The zero-order chi connectivity index (χ0) is 11.4. The lowest BCUT2D eigenvalue weighted by Gasteiger charge is -2.27. The Hall–Kier alpha value is -0.830. The van der Waals surface area contributed by atoms with Crippen molar-refractivity contribution in [2.45, 2.75) is 52.5 Å². The van der Waals surface area contributed by atoms with Crippen LogP contribution < -0.4 is 5.32 Å². The number of rotatable bonds is 5. The molecule has 1 aliphatic carbocycles. The summed E-state index contributed by atoms with van der Waals surface area (Å²) in [7, 11) is 0. The third kappa shape index (κ3) is 2.46. The fourth-order valence-electron chi connectivity index (χ4n) is 2.79. The highest BCUT2D eigenvalue weighted by Gasteiger charge is 2.31. The molecule has 3 heteroatoms. The van der Waals surface area contributed by atoms with Crippen molar-refractivity contribution in [3.63, 3.8) is 0 Å². The van der Waals surface area contributed by atoms with E-state index in [4.69, 9.17) is 0 Å². The Morgan fingerprint density at radius 2 is 2.19 bits per heavy atom. The molecule has 0 aliphatic heterocycles. The fourth-order valence-corrected chi connectivity index (χ4v) is 2.79. The second kappa shape index (κ2) is 5.00. The van der Waals surface area contributed by atoms with Crippen LogP contribution >= 0.6 is 0 Å². The van der Waals surface area contributed by atoms with Gasteiger partial charge in [0.05, 0.1) is 12.0 Å². The van der Waals surface area contributed by atoms with E-state index in [9.17, 15) is 0 Å². The summed E-state index contributed by atoms with van der Waals surface area (Å²) >= 11 is 0. The standard InChI is InChI=1S/C13H23N3/c1-3-13(6-4-5-7-13)9-14-8-12-11(2)15-10-16-12/h10,14H,3-9H2,1-2H3,(H,15,16). The van der Waals surface area contributed by atoms with Crippen molar-refractivity contribution >= 4 is 0 Å². The lowest BCUT2D eigenvalue weighted by atomic mass is 9.83. The van der Waals surface area contributed by atoms with Crippen molar-refractivity contribution in [3.05, 3.63) is 17.7 Å². The number of aryl methyl sites for hydroxylation is 1. The van der Waals surface area contributed by atoms with Gasteiger partial charge in [-0.25, -0.2) is 4.98 Å². The highest BCUT2D eigenvalue weighted by atomic mass is 15.0. The number of aromatic nitrogens is 2. The summed E-state index contributed by atoms with van der Waals surface area (Å²) in [6.07, 6.45) is 8.71. The van der Waals surface area contributed by atoms with Crippen LogP contribution in [0.2, 0.25) is 0 Å². The second-order valence-corrected chi connectivity index (χ2v) is 5.14. The Bertz CT molecular complexity index is 324. The Balaban J connectivity index is 1.81. The maximum Gasteiger partial charge on any atom is 0.0925 e. The third-order valence-corrected chi connectivity index (χ3v) is 4.14. The number of aromatic amines is 1. The molecular weight excluding hydrogens is 198 g/mol. The molecule has 0 atom stereocenters. The van der Waals surface area contributed by atoms with Crippen molar-refractivity contribution in [1.29, 1.82) is 0 Å². The molecule has 1 aromatic rings. The van der Waals surface area contributed by atoms with Gasteiger partial charge in [0.2, 0.25) is 0 Å². The van der Waals surface area contributed by atoms with Crippen molar-refractivity contribution in [2.75, 3.05) is 6.54 Å². The molecule has 3 nitrogen and oxygen atoms in total.